The summed E-state index contributed by atoms with van der Waals surface area (Å²) in [5, 5.41) is 0.509. The number of hydrogen-bond donors (Lipinski definition) is 2. The zero-order valence-electron chi connectivity index (χ0n) is 9.86. The molecule has 0 atom stereocenters. The second-order valence-electron chi connectivity index (χ2n) is 3.79. The van der Waals surface area contributed by atoms with Gasteiger partial charge >= 0.3 is 0 Å². The second kappa shape index (κ2) is 6.33. The first-order valence-corrected chi connectivity index (χ1v) is 9.56. The summed E-state index contributed by atoms with van der Waals surface area (Å²) in [6, 6.07) is 6.36. The van der Waals surface area contributed by atoms with Crippen LogP contribution in [0.15, 0.2) is 37.4 Å². The van der Waals surface area contributed by atoms with Crippen molar-refractivity contribution in [3.63, 3.8) is 0 Å². The molecule has 1 aromatic carbocycles. The Bertz CT molecular complexity index is 747. The molecular weight excluding hydrogens is 452 g/mol. The first-order valence-electron chi connectivity index (χ1n) is 5.29. The largest absolute Gasteiger partial charge is 0.326 e. The van der Waals surface area contributed by atoms with Crippen molar-refractivity contribution in [2.75, 3.05) is 4.72 Å². The number of halogens is 3. The molecule has 9 heteroatoms. The molecule has 1 heterocycles. The third-order valence-electron chi connectivity index (χ3n) is 2.37. The van der Waals surface area contributed by atoms with E-state index in [1.165, 1.54) is 11.3 Å². The molecule has 0 fully saturated rings. The van der Waals surface area contributed by atoms with Gasteiger partial charge in [-0.3, -0.25) is 4.72 Å². The molecule has 0 aliphatic rings. The summed E-state index contributed by atoms with van der Waals surface area (Å²) < 4.78 is 28.3. The lowest BCUT2D eigenvalue weighted by Gasteiger charge is -2.08. The average molecular weight is 461 g/mol. The zero-order chi connectivity index (χ0) is 14.9. The van der Waals surface area contributed by atoms with E-state index in [2.05, 4.69) is 36.6 Å². The molecule has 0 bridgehead atoms. The normalized spacial score (nSPS) is 11.6. The van der Waals surface area contributed by atoms with Gasteiger partial charge in [0.15, 0.2) is 0 Å². The Kier molecular flexibility index (Phi) is 5.14. The maximum absolute atomic E-state index is 12.3. The molecule has 2 rings (SSSR count). The fraction of sp³-hybridized carbons (Fsp3) is 0.0909. The third kappa shape index (κ3) is 3.55. The van der Waals surface area contributed by atoms with E-state index in [-0.39, 0.29) is 4.90 Å². The van der Waals surface area contributed by atoms with Crippen LogP contribution in [0.25, 0.3) is 0 Å². The van der Waals surface area contributed by atoms with Crippen molar-refractivity contribution in [3.8, 4) is 0 Å². The Morgan fingerprint density at radius 2 is 2.00 bits per heavy atom. The van der Waals surface area contributed by atoms with Gasteiger partial charge in [0.1, 0.15) is 4.90 Å². The third-order valence-corrected chi connectivity index (χ3v) is 7.24. The summed E-state index contributed by atoms with van der Waals surface area (Å²) in [6.07, 6.45) is 0. The van der Waals surface area contributed by atoms with E-state index in [0.29, 0.717) is 25.5 Å². The minimum atomic E-state index is -3.67. The van der Waals surface area contributed by atoms with Gasteiger partial charge in [0.25, 0.3) is 10.0 Å². The van der Waals surface area contributed by atoms with E-state index in [9.17, 15) is 8.42 Å². The molecule has 3 N–H and O–H groups in total. The quantitative estimate of drug-likeness (QED) is 0.719. The van der Waals surface area contributed by atoms with Crippen LogP contribution < -0.4 is 10.5 Å². The predicted octanol–water partition coefficient (Wildman–Crippen LogP) is 4.19. The van der Waals surface area contributed by atoms with Crippen LogP contribution >= 0.6 is 54.8 Å². The Morgan fingerprint density at radius 3 is 2.55 bits per heavy atom. The Labute approximate surface area is 142 Å². The van der Waals surface area contributed by atoms with Crippen molar-refractivity contribution in [1.29, 1.82) is 0 Å². The Balaban J connectivity index is 2.35. The number of thiophene rings is 1. The Hall–Kier alpha value is -0.120. The lowest BCUT2D eigenvalue weighted by Crippen LogP contribution is -2.12. The summed E-state index contributed by atoms with van der Waals surface area (Å²) in [5.74, 6) is 0. The molecule has 2 aromatic rings. The van der Waals surface area contributed by atoms with Gasteiger partial charge in [-0.25, -0.2) is 8.42 Å². The van der Waals surface area contributed by atoms with Crippen molar-refractivity contribution >= 4 is 70.5 Å². The maximum atomic E-state index is 12.3. The van der Waals surface area contributed by atoms with Crippen molar-refractivity contribution in [2.45, 2.75) is 11.4 Å². The lowest BCUT2D eigenvalue weighted by atomic mass is 10.3. The molecule has 20 heavy (non-hydrogen) atoms. The summed E-state index contributed by atoms with van der Waals surface area (Å²) in [6.45, 7) is 0.297. The van der Waals surface area contributed by atoms with E-state index in [1.807, 2.05) is 0 Å². The standard InChI is InChI=1S/C11H9Br2ClN2O2S2/c12-8-3-6(1-2-9(8)14)16-20(17,18)10-4-7(5-15)19-11(10)13/h1-4,16H,5,15H2. The number of nitrogens with one attached hydrogen (secondary N) is 1. The van der Waals surface area contributed by atoms with E-state index >= 15 is 0 Å². The maximum Gasteiger partial charge on any atom is 0.263 e. The van der Waals surface area contributed by atoms with E-state index in [1.54, 1.807) is 24.3 Å². The molecule has 0 saturated heterocycles. The molecule has 108 valence electrons. The molecule has 0 unspecified atom stereocenters. The van der Waals surface area contributed by atoms with Crippen LogP contribution in [0.4, 0.5) is 5.69 Å². The van der Waals surface area contributed by atoms with Gasteiger partial charge in [-0.15, -0.1) is 11.3 Å². The van der Waals surface area contributed by atoms with Gasteiger partial charge in [0, 0.05) is 15.9 Å². The minimum Gasteiger partial charge on any atom is -0.326 e. The second-order valence-corrected chi connectivity index (χ2v) is 9.16. The average Bonchev–Trinajstić information content (AvgIpc) is 2.76. The van der Waals surface area contributed by atoms with Crippen molar-refractivity contribution in [1.82, 2.24) is 0 Å². The number of sulfonamides is 1. The fourth-order valence-corrected chi connectivity index (χ4v) is 5.56. The summed E-state index contributed by atoms with van der Waals surface area (Å²) >= 11 is 13.7. The smallest absolute Gasteiger partial charge is 0.263 e. The zero-order valence-corrected chi connectivity index (χ0v) is 15.4. The highest BCUT2D eigenvalue weighted by Crippen LogP contribution is 2.33. The van der Waals surface area contributed by atoms with Gasteiger partial charge in [-0.2, -0.15) is 0 Å². The summed E-state index contributed by atoms with van der Waals surface area (Å²) in [4.78, 5) is 0.962. The van der Waals surface area contributed by atoms with Gasteiger partial charge in [-0.1, -0.05) is 11.6 Å². The number of rotatable bonds is 4. The number of anilines is 1. The number of benzene rings is 1. The van der Waals surface area contributed by atoms with Crippen LogP contribution in [0.3, 0.4) is 0 Å². The van der Waals surface area contributed by atoms with Gasteiger partial charge in [0.05, 0.1) is 14.5 Å². The van der Waals surface area contributed by atoms with E-state index in [0.717, 1.165) is 4.88 Å². The van der Waals surface area contributed by atoms with Crippen LogP contribution in [0, 0.1) is 0 Å². The first kappa shape index (κ1) is 16.3. The number of nitrogens with two attached hydrogens (primary N) is 1. The molecule has 0 saturated carbocycles. The van der Waals surface area contributed by atoms with Gasteiger partial charge in [-0.05, 0) is 56.1 Å². The van der Waals surface area contributed by atoms with E-state index in [4.69, 9.17) is 17.3 Å². The highest BCUT2D eigenvalue weighted by Gasteiger charge is 2.21. The first-order chi connectivity index (χ1) is 9.33. The SMILES string of the molecule is NCc1cc(S(=O)(=O)Nc2ccc(Cl)c(Br)c2)c(Br)s1. The predicted molar refractivity (Wildman–Crippen MR) is 89.9 cm³/mol. The molecule has 4 nitrogen and oxygen atoms in total. The monoisotopic (exact) mass is 458 g/mol. The molecule has 0 spiro atoms. The molecule has 1 aromatic heterocycles. The molecule has 0 aliphatic heterocycles. The van der Waals surface area contributed by atoms with Crippen LogP contribution in [0.2, 0.25) is 5.02 Å². The van der Waals surface area contributed by atoms with E-state index < -0.39 is 10.0 Å². The lowest BCUT2D eigenvalue weighted by molar-refractivity contribution is 0.601. The topological polar surface area (TPSA) is 72.2 Å². The highest BCUT2D eigenvalue weighted by molar-refractivity contribution is 9.11. The molecule has 0 radical (unpaired) electrons. The Morgan fingerprint density at radius 1 is 1.30 bits per heavy atom. The molecule has 0 aliphatic carbocycles. The summed E-state index contributed by atoms with van der Waals surface area (Å²) in [5.41, 5.74) is 5.94. The molecule has 0 amide bonds. The van der Waals surface area contributed by atoms with Gasteiger partial charge < -0.3 is 5.73 Å². The molecular formula is C11H9Br2ClN2O2S2. The van der Waals surface area contributed by atoms with Crippen LogP contribution in [-0.4, -0.2) is 8.42 Å². The summed E-state index contributed by atoms with van der Waals surface area (Å²) in [7, 11) is -3.67. The highest BCUT2D eigenvalue weighted by atomic mass is 79.9. The fourth-order valence-electron chi connectivity index (χ4n) is 1.45. The van der Waals surface area contributed by atoms with Crippen molar-refractivity contribution in [3.05, 3.63) is 42.4 Å². The number of hydrogen-bond acceptors (Lipinski definition) is 4. The van der Waals surface area contributed by atoms with Crippen LogP contribution in [0.1, 0.15) is 4.88 Å². The van der Waals surface area contributed by atoms with Crippen molar-refractivity contribution < 1.29 is 8.42 Å². The van der Waals surface area contributed by atoms with Crippen LogP contribution in [0.5, 0.6) is 0 Å². The van der Waals surface area contributed by atoms with Crippen molar-refractivity contribution in [2.24, 2.45) is 5.73 Å². The minimum absolute atomic E-state index is 0.175. The van der Waals surface area contributed by atoms with Crippen LogP contribution in [-0.2, 0) is 16.6 Å². The van der Waals surface area contributed by atoms with Gasteiger partial charge in [0.2, 0.25) is 0 Å².